The number of nitrogens with zero attached hydrogens (tertiary/aromatic N) is 1. The number of hydrogen-bond acceptors (Lipinski definition) is 2. The molecule has 0 spiro atoms. The van der Waals surface area contributed by atoms with E-state index >= 15 is 0 Å². The number of amides is 1. The van der Waals surface area contributed by atoms with Gasteiger partial charge in [0.2, 0.25) is 5.91 Å². The van der Waals surface area contributed by atoms with Gasteiger partial charge in [-0.1, -0.05) is 13.8 Å². The molecule has 1 heterocycles. The monoisotopic (exact) mass is 213 g/mol. The average molecular weight is 213 g/mol. The molecule has 1 aliphatic heterocycles. The van der Waals surface area contributed by atoms with Crippen LogP contribution in [-0.4, -0.2) is 36.1 Å². The Hall–Kier alpha value is -0.570. The summed E-state index contributed by atoms with van der Waals surface area (Å²) in [6.07, 6.45) is 2.02. The third-order valence-corrected chi connectivity index (χ3v) is 2.71. The third kappa shape index (κ3) is 4.20. The topological polar surface area (TPSA) is 29.5 Å². The first kappa shape index (κ1) is 12.5. The molecule has 88 valence electrons. The second kappa shape index (κ2) is 5.50. The first-order valence-corrected chi connectivity index (χ1v) is 5.92. The fourth-order valence-corrected chi connectivity index (χ4v) is 1.95. The standard InChI is InChI=1S/C12H23NO2/c1-9(2)5-6-12(14)13-7-10(3)15-11(4)8-13/h9-11H,5-8H2,1-4H3. The molecule has 1 fully saturated rings. The lowest BCUT2D eigenvalue weighted by atomic mass is 10.1. The molecule has 3 heteroatoms. The summed E-state index contributed by atoms with van der Waals surface area (Å²) in [6, 6.07) is 0. The van der Waals surface area contributed by atoms with Crippen LogP contribution >= 0.6 is 0 Å². The lowest BCUT2D eigenvalue weighted by Crippen LogP contribution is -2.48. The predicted molar refractivity (Wildman–Crippen MR) is 60.7 cm³/mol. The van der Waals surface area contributed by atoms with Crippen LogP contribution in [-0.2, 0) is 9.53 Å². The van der Waals surface area contributed by atoms with E-state index in [4.69, 9.17) is 4.74 Å². The second-order valence-corrected chi connectivity index (χ2v) is 4.99. The van der Waals surface area contributed by atoms with Gasteiger partial charge in [-0.2, -0.15) is 0 Å². The molecule has 1 amide bonds. The van der Waals surface area contributed by atoms with Crippen LogP contribution in [0.1, 0.15) is 40.5 Å². The van der Waals surface area contributed by atoms with Gasteiger partial charge in [-0.15, -0.1) is 0 Å². The number of rotatable bonds is 3. The highest BCUT2D eigenvalue weighted by Gasteiger charge is 2.25. The second-order valence-electron chi connectivity index (χ2n) is 4.99. The van der Waals surface area contributed by atoms with E-state index in [1.54, 1.807) is 0 Å². The van der Waals surface area contributed by atoms with E-state index < -0.39 is 0 Å². The maximum absolute atomic E-state index is 11.9. The van der Waals surface area contributed by atoms with Crippen molar-refractivity contribution in [1.82, 2.24) is 4.90 Å². The van der Waals surface area contributed by atoms with Crippen molar-refractivity contribution in [2.24, 2.45) is 5.92 Å². The van der Waals surface area contributed by atoms with Crippen LogP contribution in [0.25, 0.3) is 0 Å². The highest BCUT2D eigenvalue weighted by Crippen LogP contribution is 2.13. The Kier molecular flexibility index (Phi) is 4.58. The number of hydrogen-bond donors (Lipinski definition) is 0. The summed E-state index contributed by atoms with van der Waals surface area (Å²) in [4.78, 5) is 13.8. The van der Waals surface area contributed by atoms with E-state index in [2.05, 4.69) is 13.8 Å². The fourth-order valence-electron chi connectivity index (χ4n) is 1.95. The molecule has 0 saturated carbocycles. The Bertz CT molecular complexity index is 206. The molecular formula is C12H23NO2. The minimum atomic E-state index is 0.178. The van der Waals surface area contributed by atoms with Gasteiger partial charge < -0.3 is 9.64 Å². The molecule has 0 N–H and O–H groups in total. The summed E-state index contributed by atoms with van der Waals surface area (Å²) in [5.74, 6) is 0.885. The van der Waals surface area contributed by atoms with Crippen LogP contribution in [0.15, 0.2) is 0 Å². The number of morpholine rings is 1. The number of ether oxygens (including phenoxy) is 1. The summed E-state index contributed by atoms with van der Waals surface area (Å²) in [7, 11) is 0. The van der Waals surface area contributed by atoms with Gasteiger partial charge in [-0.25, -0.2) is 0 Å². The van der Waals surface area contributed by atoms with Crippen molar-refractivity contribution in [3.8, 4) is 0 Å². The molecule has 1 saturated heterocycles. The zero-order valence-electron chi connectivity index (χ0n) is 10.3. The van der Waals surface area contributed by atoms with Crippen LogP contribution in [0.3, 0.4) is 0 Å². The van der Waals surface area contributed by atoms with E-state index in [1.807, 2.05) is 18.7 Å². The van der Waals surface area contributed by atoms with Crippen LogP contribution in [0.5, 0.6) is 0 Å². The highest BCUT2D eigenvalue weighted by atomic mass is 16.5. The Morgan fingerprint density at radius 1 is 1.33 bits per heavy atom. The van der Waals surface area contributed by atoms with Crippen LogP contribution in [0.2, 0.25) is 0 Å². The first-order valence-electron chi connectivity index (χ1n) is 5.92. The van der Waals surface area contributed by atoms with Gasteiger partial charge >= 0.3 is 0 Å². The van der Waals surface area contributed by atoms with Gasteiger partial charge in [0.1, 0.15) is 0 Å². The molecule has 2 unspecified atom stereocenters. The van der Waals surface area contributed by atoms with Crippen molar-refractivity contribution in [1.29, 1.82) is 0 Å². The van der Waals surface area contributed by atoms with Crippen LogP contribution in [0, 0.1) is 5.92 Å². The van der Waals surface area contributed by atoms with E-state index in [0.29, 0.717) is 12.3 Å². The fraction of sp³-hybridized carbons (Fsp3) is 0.917. The molecule has 1 rings (SSSR count). The minimum absolute atomic E-state index is 0.178. The Balaban J connectivity index is 2.38. The van der Waals surface area contributed by atoms with Crippen molar-refractivity contribution in [2.75, 3.05) is 13.1 Å². The Morgan fingerprint density at radius 2 is 1.87 bits per heavy atom. The predicted octanol–water partition coefficient (Wildman–Crippen LogP) is 2.06. The van der Waals surface area contributed by atoms with Gasteiger partial charge in [0.25, 0.3) is 0 Å². The van der Waals surface area contributed by atoms with Crippen LogP contribution < -0.4 is 0 Å². The van der Waals surface area contributed by atoms with Crippen molar-refractivity contribution in [2.45, 2.75) is 52.7 Å². The van der Waals surface area contributed by atoms with E-state index in [1.165, 1.54) is 0 Å². The summed E-state index contributed by atoms with van der Waals surface area (Å²) in [6.45, 7) is 9.86. The molecule has 0 bridgehead atoms. The van der Waals surface area contributed by atoms with E-state index in [9.17, 15) is 4.79 Å². The van der Waals surface area contributed by atoms with E-state index in [0.717, 1.165) is 19.5 Å². The Labute approximate surface area is 92.8 Å². The van der Waals surface area contributed by atoms with E-state index in [-0.39, 0.29) is 18.1 Å². The summed E-state index contributed by atoms with van der Waals surface area (Å²) < 4.78 is 5.60. The molecule has 0 radical (unpaired) electrons. The Morgan fingerprint density at radius 3 is 2.33 bits per heavy atom. The van der Waals surface area contributed by atoms with Crippen molar-refractivity contribution < 1.29 is 9.53 Å². The zero-order chi connectivity index (χ0) is 11.4. The maximum Gasteiger partial charge on any atom is 0.222 e. The molecule has 0 aromatic heterocycles. The number of carbonyl (C=O) groups excluding carboxylic acids is 1. The van der Waals surface area contributed by atoms with Crippen molar-refractivity contribution in [3.63, 3.8) is 0 Å². The molecule has 1 aliphatic rings. The molecule has 15 heavy (non-hydrogen) atoms. The highest BCUT2D eigenvalue weighted by molar-refractivity contribution is 5.76. The lowest BCUT2D eigenvalue weighted by molar-refractivity contribution is -0.143. The summed E-state index contributed by atoms with van der Waals surface area (Å²) >= 11 is 0. The van der Waals surface area contributed by atoms with Gasteiger partial charge in [0, 0.05) is 19.5 Å². The summed E-state index contributed by atoms with van der Waals surface area (Å²) in [5, 5.41) is 0. The summed E-state index contributed by atoms with van der Waals surface area (Å²) in [5.41, 5.74) is 0. The molecule has 0 aromatic carbocycles. The molecular weight excluding hydrogens is 190 g/mol. The van der Waals surface area contributed by atoms with Gasteiger partial charge in [-0.05, 0) is 26.2 Å². The molecule has 0 aromatic rings. The van der Waals surface area contributed by atoms with Crippen molar-refractivity contribution in [3.05, 3.63) is 0 Å². The minimum Gasteiger partial charge on any atom is -0.372 e. The zero-order valence-corrected chi connectivity index (χ0v) is 10.3. The quantitative estimate of drug-likeness (QED) is 0.718. The smallest absolute Gasteiger partial charge is 0.222 e. The van der Waals surface area contributed by atoms with Gasteiger partial charge in [0.05, 0.1) is 12.2 Å². The largest absolute Gasteiger partial charge is 0.372 e. The van der Waals surface area contributed by atoms with Crippen LogP contribution in [0.4, 0.5) is 0 Å². The van der Waals surface area contributed by atoms with Gasteiger partial charge in [-0.3, -0.25) is 4.79 Å². The maximum atomic E-state index is 11.9. The third-order valence-electron chi connectivity index (χ3n) is 2.71. The average Bonchev–Trinajstić information content (AvgIpc) is 2.12. The van der Waals surface area contributed by atoms with Gasteiger partial charge in [0.15, 0.2) is 0 Å². The molecule has 2 atom stereocenters. The lowest BCUT2D eigenvalue weighted by Gasteiger charge is -2.35. The molecule has 0 aliphatic carbocycles. The SMILES string of the molecule is CC(C)CCC(=O)N1CC(C)OC(C)C1. The number of carbonyl (C=O) groups is 1. The molecule has 3 nitrogen and oxygen atoms in total. The normalized spacial score (nSPS) is 27.1. The van der Waals surface area contributed by atoms with Crippen molar-refractivity contribution >= 4 is 5.91 Å². The first-order chi connectivity index (χ1) is 6.99.